The van der Waals surface area contributed by atoms with Crippen LogP contribution >= 0.6 is 23.4 Å². The summed E-state index contributed by atoms with van der Waals surface area (Å²) < 4.78 is 1.95. The van der Waals surface area contributed by atoms with Crippen LogP contribution in [0.25, 0.3) is 5.69 Å². The normalized spacial score (nSPS) is 14.0. The van der Waals surface area contributed by atoms with E-state index in [1.54, 1.807) is 11.8 Å². The van der Waals surface area contributed by atoms with Gasteiger partial charge in [-0.15, -0.1) is 5.10 Å². The molecule has 1 fully saturated rings. The number of aliphatic hydroxyl groups excluding tert-OH is 1. The smallest absolute Gasteiger partial charge is 0.414 e. The van der Waals surface area contributed by atoms with Crippen LogP contribution < -0.4 is 5.32 Å². The third-order valence-electron chi connectivity index (χ3n) is 4.65. The number of carboxylic acid groups (broad SMARTS) is 2. The van der Waals surface area contributed by atoms with Gasteiger partial charge in [-0.3, -0.25) is 0 Å². The van der Waals surface area contributed by atoms with Gasteiger partial charge in [-0.2, -0.15) is 0 Å². The molecule has 11 heteroatoms. The van der Waals surface area contributed by atoms with Crippen molar-refractivity contribution < 1.29 is 24.9 Å². The Morgan fingerprint density at radius 1 is 1.13 bits per heavy atom. The Balaban J connectivity index is 0.000000501. The van der Waals surface area contributed by atoms with Gasteiger partial charge in [0.05, 0.1) is 17.3 Å². The van der Waals surface area contributed by atoms with Gasteiger partial charge in [0.15, 0.2) is 0 Å². The molecule has 2 aromatic rings. The van der Waals surface area contributed by atoms with Crippen LogP contribution in [0.2, 0.25) is 5.02 Å². The number of carboxylic acids is 2. The SMILES string of the molecule is O=C(O)C(=O)O.OCCNCCSc1nc(C2CCCCC2)n(-c2ccccc2Cl)n1. The van der Waals surface area contributed by atoms with Crippen molar-refractivity contribution in [1.82, 2.24) is 20.1 Å². The first-order valence-corrected chi connectivity index (χ1v) is 11.4. The predicted molar refractivity (Wildman–Crippen MR) is 118 cm³/mol. The number of para-hydroxylation sites is 1. The summed E-state index contributed by atoms with van der Waals surface area (Å²) >= 11 is 8.05. The summed E-state index contributed by atoms with van der Waals surface area (Å²) in [7, 11) is 0. The first-order chi connectivity index (χ1) is 14.9. The zero-order valence-electron chi connectivity index (χ0n) is 17.0. The first kappa shape index (κ1) is 25.1. The fraction of sp³-hybridized carbons (Fsp3) is 0.500. The Hall–Kier alpha value is -2.14. The monoisotopic (exact) mass is 470 g/mol. The number of aliphatic carboxylic acids is 2. The average molecular weight is 471 g/mol. The zero-order chi connectivity index (χ0) is 22.6. The van der Waals surface area contributed by atoms with Crippen LogP contribution in [0.5, 0.6) is 0 Å². The zero-order valence-corrected chi connectivity index (χ0v) is 18.6. The summed E-state index contributed by atoms with van der Waals surface area (Å²) in [5.41, 5.74) is 0.905. The van der Waals surface area contributed by atoms with Crippen LogP contribution in [0.15, 0.2) is 29.4 Å². The molecule has 0 aliphatic heterocycles. The molecule has 0 saturated heterocycles. The van der Waals surface area contributed by atoms with Crippen molar-refractivity contribution in [3.05, 3.63) is 35.1 Å². The number of hydrogen-bond donors (Lipinski definition) is 4. The van der Waals surface area contributed by atoms with E-state index in [1.807, 2.05) is 28.9 Å². The molecule has 0 atom stereocenters. The minimum atomic E-state index is -1.82. The van der Waals surface area contributed by atoms with Crippen LogP contribution in [0.3, 0.4) is 0 Å². The van der Waals surface area contributed by atoms with Gasteiger partial charge < -0.3 is 20.6 Å². The molecule has 1 aliphatic carbocycles. The highest BCUT2D eigenvalue weighted by Crippen LogP contribution is 2.34. The Labute approximate surface area is 189 Å². The Morgan fingerprint density at radius 2 is 1.81 bits per heavy atom. The van der Waals surface area contributed by atoms with Crippen molar-refractivity contribution in [3.63, 3.8) is 0 Å². The second-order valence-corrected chi connectivity index (χ2v) is 8.35. The largest absolute Gasteiger partial charge is 0.473 e. The minimum absolute atomic E-state index is 0.163. The number of aromatic nitrogens is 3. The van der Waals surface area contributed by atoms with E-state index in [1.165, 1.54) is 32.1 Å². The highest BCUT2D eigenvalue weighted by atomic mass is 35.5. The van der Waals surface area contributed by atoms with Crippen molar-refractivity contribution in [3.8, 4) is 5.69 Å². The first-order valence-electron chi connectivity index (χ1n) is 10.1. The van der Waals surface area contributed by atoms with Crippen LogP contribution in [0, 0.1) is 0 Å². The van der Waals surface area contributed by atoms with E-state index in [4.69, 9.17) is 46.6 Å². The summed E-state index contributed by atoms with van der Waals surface area (Å²) in [5.74, 6) is -1.28. The number of benzene rings is 1. The van der Waals surface area contributed by atoms with E-state index >= 15 is 0 Å². The van der Waals surface area contributed by atoms with Crippen molar-refractivity contribution in [2.24, 2.45) is 0 Å². The van der Waals surface area contributed by atoms with Gasteiger partial charge in [-0.05, 0) is 25.0 Å². The summed E-state index contributed by atoms with van der Waals surface area (Å²) in [6.07, 6.45) is 6.17. The van der Waals surface area contributed by atoms with Crippen molar-refractivity contribution in [2.75, 3.05) is 25.4 Å². The summed E-state index contributed by atoms with van der Waals surface area (Å²) in [6.45, 7) is 1.61. The number of rotatable bonds is 8. The molecular formula is C20H27ClN4O5S. The highest BCUT2D eigenvalue weighted by molar-refractivity contribution is 7.99. The Bertz CT molecular complexity index is 846. The maximum Gasteiger partial charge on any atom is 0.414 e. The lowest BCUT2D eigenvalue weighted by Gasteiger charge is -2.21. The maximum atomic E-state index is 9.10. The number of carbonyl (C=O) groups is 2. The van der Waals surface area contributed by atoms with E-state index in [0.717, 1.165) is 29.0 Å². The predicted octanol–water partition coefficient (Wildman–Crippen LogP) is 2.80. The fourth-order valence-electron chi connectivity index (χ4n) is 3.21. The van der Waals surface area contributed by atoms with E-state index in [-0.39, 0.29) is 6.61 Å². The molecule has 1 aliphatic rings. The Morgan fingerprint density at radius 3 is 2.42 bits per heavy atom. The third kappa shape index (κ3) is 8.13. The molecule has 0 spiro atoms. The third-order valence-corrected chi connectivity index (χ3v) is 5.80. The number of nitrogens with zero attached hydrogens (tertiary/aromatic N) is 3. The van der Waals surface area contributed by atoms with Crippen LogP contribution in [0.1, 0.15) is 43.8 Å². The van der Waals surface area contributed by atoms with E-state index in [9.17, 15) is 0 Å². The lowest BCUT2D eigenvalue weighted by Crippen LogP contribution is -2.20. The molecule has 0 amide bonds. The molecule has 4 N–H and O–H groups in total. The number of aliphatic hydroxyl groups is 1. The number of hydrogen-bond acceptors (Lipinski definition) is 7. The van der Waals surface area contributed by atoms with Gasteiger partial charge in [-0.1, -0.05) is 54.8 Å². The van der Waals surface area contributed by atoms with Gasteiger partial charge in [0, 0.05) is 24.8 Å². The van der Waals surface area contributed by atoms with Gasteiger partial charge in [0.1, 0.15) is 5.82 Å². The van der Waals surface area contributed by atoms with Gasteiger partial charge in [0.25, 0.3) is 0 Å². The summed E-state index contributed by atoms with van der Waals surface area (Å²) in [5, 5.41) is 33.0. The van der Waals surface area contributed by atoms with Crippen LogP contribution in [0.4, 0.5) is 0 Å². The fourth-order valence-corrected chi connectivity index (χ4v) is 4.15. The quantitative estimate of drug-likeness (QED) is 0.260. The van der Waals surface area contributed by atoms with E-state index in [0.29, 0.717) is 17.5 Å². The second kappa shape index (κ2) is 13.3. The second-order valence-electron chi connectivity index (χ2n) is 6.88. The molecule has 1 aromatic heterocycles. The molecule has 170 valence electrons. The van der Waals surface area contributed by atoms with E-state index < -0.39 is 11.9 Å². The molecule has 0 radical (unpaired) electrons. The van der Waals surface area contributed by atoms with Crippen molar-refractivity contribution in [1.29, 1.82) is 0 Å². The van der Waals surface area contributed by atoms with Gasteiger partial charge in [-0.25, -0.2) is 19.3 Å². The summed E-state index contributed by atoms with van der Waals surface area (Å²) in [6, 6.07) is 7.82. The number of halogens is 1. The summed E-state index contributed by atoms with van der Waals surface area (Å²) in [4.78, 5) is 23.0. The molecule has 1 saturated carbocycles. The molecule has 31 heavy (non-hydrogen) atoms. The average Bonchev–Trinajstić information content (AvgIpc) is 3.19. The number of thioether (sulfide) groups is 1. The minimum Gasteiger partial charge on any atom is -0.473 e. The van der Waals surface area contributed by atoms with Gasteiger partial charge in [0.2, 0.25) is 5.16 Å². The van der Waals surface area contributed by atoms with Crippen molar-refractivity contribution in [2.45, 2.75) is 43.2 Å². The van der Waals surface area contributed by atoms with Crippen molar-refractivity contribution >= 4 is 35.3 Å². The maximum absolute atomic E-state index is 9.10. The lowest BCUT2D eigenvalue weighted by atomic mass is 9.88. The topological polar surface area (TPSA) is 138 Å². The standard InChI is InChI=1S/C18H25ClN4OS.C2H2O4/c19-15-8-4-5-9-16(15)23-17(14-6-2-1-3-7-14)21-18(22-23)25-13-11-20-10-12-24;3-1(4)2(5)6/h4-5,8-9,14,20,24H,1-3,6-7,10-13H2;(H,3,4)(H,5,6). The highest BCUT2D eigenvalue weighted by Gasteiger charge is 2.24. The number of nitrogens with one attached hydrogen (secondary N) is 1. The van der Waals surface area contributed by atoms with Crippen LogP contribution in [-0.4, -0.2) is 67.5 Å². The molecule has 1 heterocycles. The van der Waals surface area contributed by atoms with E-state index in [2.05, 4.69) is 5.32 Å². The molecule has 1 aromatic carbocycles. The molecule has 0 bridgehead atoms. The molecule has 9 nitrogen and oxygen atoms in total. The Kier molecular flexibility index (Phi) is 10.8. The molecule has 0 unspecified atom stereocenters. The van der Waals surface area contributed by atoms with Crippen LogP contribution in [-0.2, 0) is 9.59 Å². The molecule has 3 rings (SSSR count). The van der Waals surface area contributed by atoms with Gasteiger partial charge >= 0.3 is 11.9 Å². The molecular weight excluding hydrogens is 444 g/mol. The lowest BCUT2D eigenvalue weighted by molar-refractivity contribution is -0.159.